The molecule has 2 heterocycles. The van der Waals surface area contributed by atoms with Gasteiger partial charge in [0.15, 0.2) is 5.58 Å². The van der Waals surface area contributed by atoms with Crippen molar-refractivity contribution in [2.75, 3.05) is 0 Å². The molecule has 9 aromatic rings. The molecule has 2 aromatic heterocycles. The number of benzene rings is 7. The molecule has 7 aromatic carbocycles. The smallest absolute Gasteiger partial charge is 0.227 e. The van der Waals surface area contributed by atoms with E-state index in [1.54, 1.807) is 0 Å². The van der Waals surface area contributed by atoms with Gasteiger partial charge in [0.2, 0.25) is 5.89 Å². The van der Waals surface area contributed by atoms with Crippen molar-refractivity contribution < 1.29 is 4.42 Å². The maximum absolute atomic E-state index is 6.21. The van der Waals surface area contributed by atoms with E-state index in [1.807, 2.05) is 0 Å². The van der Waals surface area contributed by atoms with E-state index in [2.05, 4.69) is 176 Å². The van der Waals surface area contributed by atoms with E-state index in [0.29, 0.717) is 5.89 Å². The van der Waals surface area contributed by atoms with E-state index >= 15 is 0 Å². The van der Waals surface area contributed by atoms with Crippen LogP contribution in [-0.4, -0.2) is 9.55 Å². The zero-order chi connectivity index (χ0) is 32.2. The van der Waals surface area contributed by atoms with E-state index in [-0.39, 0.29) is 0 Å². The lowest BCUT2D eigenvalue weighted by Gasteiger charge is -2.15. The van der Waals surface area contributed by atoms with Crippen LogP contribution in [0.4, 0.5) is 0 Å². The van der Waals surface area contributed by atoms with Gasteiger partial charge in [-0.2, -0.15) is 0 Å². The molecule has 0 aliphatic rings. The SMILES string of the molecule is Cc1cc(C)c2oc(-c3ccc(-c4ccccc4-c4ccccc4-c4ccc5c(c4)c4ccccc4n5-c4ccccc4)cc3)nc2c1. The van der Waals surface area contributed by atoms with Crippen LogP contribution in [0.25, 0.3) is 83.4 Å². The molecular formula is C45H32N2O. The van der Waals surface area contributed by atoms with Crippen LogP contribution in [0.1, 0.15) is 11.1 Å². The third kappa shape index (κ3) is 4.63. The fraction of sp³-hybridized carbons (Fsp3) is 0.0444. The molecule has 0 unspecified atom stereocenters. The third-order valence-corrected chi connectivity index (χ3v) is 9.41. The average molecular weight is 617 g/mol. The molecule has 0 bridgehead atoms. The number of hydrogen-bond acceptors (Lipinski definition) is 2. The molecule has 0 spiro atoms. The van der Waals surface area contributed by atoms with Crippen molar-refractivity contribution in [3.05, 3.63) is 169 Å². The summed E-state index contributed by atoms with van der Waals surface area (Å²) in [6.07, 6.45) is 0. The number of fused-ring (bicyclic) bond motifs is 4. The fourth-order valence-corrected chi connectivity index (χ4v) is 7.23. The highest BCUT2D eigenvalue weighted by molar-refractivity contribution is 6.11. The normalized spacial score (nSPS) is 11.5. The van der Waals surface area contributed by atoms with Gasteiger partial charge in [0.1, 0.15) is 5.52 Å². The molecule has 3 nitrogen and oxygen atoms in total. The van der Waals surface area contributed by atoms with E-state index < -0.39 is 0 Å². The van der Waals surface area contributed by atoms with Gasteiger partial charge in [-0.15, -0.1) is 0 Å². The van der Waals surface area contributed by atoms with Crippen LogP contribution in [0.3, 0.4) is 0 Å². The van der Waals surface area contributed by atoms with Crippen molar-refractivity contribution in [3.8, 4) is 50.5 Å². The predicted octanol–water partition coefficient (Wildman–Crippen LogP) is 12.2. The number of oxazole rings is 1. The van der Waals surface area contributed by atoms with Gasteiger partial charge in [0, 0.05) is 22.0 Å². The van der Waals surface area contributed by atoms with Gasteiger partial charge in [-0.3, -0.25) is 0 Å². The molecule has 9 rings (SSSR count). The standard InChI is InChI=1S/C45H32N2O/c1-29-26-30(2)44-41(27-29)46-45(48-44)32-22-20-31(21-23-32)35-14-6-8-16-37(35)38-17-9-7-15-36(38)33-24-25-43-40(28-33)39-18-10-11-19-42(39)47(43)34-12-4-3-5-13-34/h3-28H,1-2H3. The molecule has 0 atom stereocenters. The van der Waals surface area contributed by atoms with Crippen molar-refractivity contribution in [1.82, 2.24) is 9.55 Å². The number of aromatic nitrogens is 2. The topological polar surface area (TPSA) is 31.0 Å². The molecule has 228 valence electrons. The van der Waals surface area contributed by atoms with Gasteiger partial charge in [-0.05, 0) is 107 Å². The lowest BCUT2D eigenvalue weighted by atomic mass is 9.89. The quantitative estimate of drug-likeness (QED) is 0.193. The van der Waals surface area contributed by atoms with Crippen LogP contribution in [0.15, 0.2) is 162 Å². The Morgan fingerprint density at radius 3 is 1.81 bits per heavy atom. The first-order valence-electron chi connectivity index (χ1n) is 16.4. The molecule has 0 amide bonds. The summed E-state index contributed by atoms with van der Waals surface area (Å²) in [5.41, 5.74) is 15.7. The first kappa shape index (κ1) is 28.1. The number of nitrogens with zero attached hydrogens (tertiary/aromatic N) is 2. The Balaban J connectivity index is 1.14. The highest BCUT2D eigenvalue weighted by atomic mass is 16.3. The summed E-state index contributed by atoms with van der Waals surface area (Å²) in [5, 5.41) is 2.50. The highest BCUT2D eigenvalue weighted by Gasteiger charge is 2.17. The van der Waals surface area contributed by atoms with Gasteiger partial charge < -0.3 is 8.98 Å². The van der Waals surface area contributed by atoms with Crippen LogP contribution in [0.5, 0.6) is 0 Å². The second-order valence-corrected chi connectivity index (χ2v) is 12.5. The number of aryl methyl sites for hydroxylation is 2. The minimum absolute atomic E-state index is 0.646. The van der Waals surface area contributed by atoms with E-state index in [9.17, 15) is 0 Å². The molecule has 3 heteroatoms. The van der Waals surface area contributed by atoms with Gasteiger partial charge >= 0.3 is 0 Å². The Morgan fingerprint density at radius 1 is 0.479 bits per heavy atom. The minimum atomic E-state index is 0.646. The predicted molar refractivity (Wildman–Crippen MR) is 200 cm³/mol. The zero-order valence-corrected chi connectivity index (χ0v) is 26.8. The Bertz CT molecular complexity index is 2620. The van der Waals surface area contributed by atoms with Crippen LogP contribution in [-0.2, 0) is 0 Å². The molecule has 0 fully saturated rings. The molecule has 48 heavy (non-hydrogen) atoms. The molecular weight excluding hydrogens is 585 g/mol. The van der Waals surface area contributed by atoms with Crippen molar-refractivity contribution >= 4 is 32.9 Å². The molecule has 0 saturated heterocycles. The Labute approximate surface area is 279 Å². The van der Waals surface area contributed by atoms with Crippen molar-refractivity contribution in [1.29, 1.82) is 0 Å². The van der Waals surface area contributed by atoms with E-state index in [0.717, 1.165) is 33.5 Å². The number of rotatable bonds is 5. The maximum atomic E-state index is 6.21. The first-order chi connectivity index (χ1) is 23.6. The molecule has 0 aliphatic carbocycles. The van der Waals surface area contributed by atoms with Crippen molar-refractivity contribution in [3.63, 3.8) is 0 Å². The minimum Gasteiger partial charge on any atom is -0.436 e. The van der Waals surface area contributed by atoms with Crippen LogP contribution < -0.4 is 0 Å². The monoisotopic (exact) mass is 616 g/mol. The van der Waals surface area contributed by atoms with E-state index in [4.69, 9.17) is 9.40 Å². The van der Waals surface area contributed by atoms with Gasteiger partial charge in [0.05, 0.1) is 11.0 Å². The first-order valence-corrected chi connectivity index (χ1v) is 16.4. The fourth-order valence-electron chi connectivity index (χ4n) is 7.23. The van der Waals surface area contributed by atoms with Gasteiger partial charge in [0.25, 0.3) is 0 Å². The number of para-hydroxylation sites is 2. The molecule has 0 saturated carbocycles. The van der Waals surface area contributed by atoms with E-state index in [1.165, 1.54) is 55.2 Å². The van der Waals surface area contributed by atoms with Crippen LogP contribution in [0, 0.1) is 13.8 Å². The summed E-state index contributed by atoms with van der Waals surface area (Å²) in [6, 6.07) is 56.4. The van der Waals surface area contributed by atoms with Crippen molar-refractivity contribution in [2.45, 2.75) is 13.8 Å². The van der Waals surface area contributed by atoms with Crippen LogP contribution in [0.2, 0.25) is 0 Å². The maximum Gasteiger partial charge on any atom is 0.227 e. The number of hydrogen-bond donors (Lipinski definition) is 0. The average Bonchev–Trinajstić information content (AvgIpc) is 3.72. The summed E-state index contributed by atoms with van der Waals surface area (Å²) >= 11 is 0. The second kappa shape index (κ2) is 11.3. The van der Waals surface area contributed by atoms with Gasteiger partial charge in [-0.1, -0.05) is 109 Å². The summed E-state index contributed by atoms with van der Waals surface area (Å²) < 4.78 is 8.58. The summed E-state index contributed by atoms with van der Waals surface area (Å²) in [5.74, 6) is 0.646. The zero-order valence-electron chi connectivity index (χ0n) is 26.8. The summed E-state index contributed by atoms with van der Waals surface area (Å²) in [7, 11) is 0. The Morgan fingerprint density at radius 2 is 1.06 bits per heavy atom. The molecule has 0 aliphatic heterocycles. The third-order valence-electron chi connectivity index (χ3n) is 9.41. The molecule has 0 N–H and O–H groups in total. The van der Waals surface area contributed by atoms with Crippen molar-refractivity contribution in [2.24, 2.45) is 0 Å². The van der Waals surface area contributed by atoms with Gasteiger partial charge in [-0.25, -0.2) is 4.98 Å². The summed E-state index contributed by atoms with van der Waals surface area (Å²) in [4.78, 5) is 4.81. The highest BCUT2D eigenvalue weighted by Crippen LogP contribution is 2.41. The largest absolute Gasteiger partial charge is 0.436 e. The van der Waals surface area contributed by atoms with Crippen LogP contribution >= 0.6 is 0 Å². The summed E-state index contributed by atoms with van der Waals surface area (Å²) in [6.45, 7) is 4.16. The lowest BCUT2D eigenvalue weighted by Crippen LogP contribution is -1.93. The molecule has 0 radical (unpaired) electrons. The Hall–Kier alpha value is -6.19. The Kier molecular flexibility index (Phi) is 6.58. The lowest BCUT2D eigenvalue weighted by molar-refractivity contribution is 0.617. The second-order valence-electron chi connectivity index (χ2n) is 12.5.